The molecule has 0 bridgehead atoms. The second kappa shape index (κ2) is 5.47. The lowest BCUT2D eigenvalue weighted by atomic mass is 9.84. The summed E-state index contributed by atoms with van der Waals surface area (Å²) in [6, 6.07) is 7.28. The maximum absolute atomic E-state index is 12.1. The number of sulfonamides is 1. The summed E-state index contributed by atoms with van der Waals surface area (Å²) < 4.78 is 26.9. The van der Waals surface area contributed by atoms with Gasteiger partial charge in [0.1, 0.15) is 0 Å². The van der Waals surface area contributed by atoms with Crippen molar-refractivity contribution in [1.82, 2.24) is 4.72 Å². The monoisotopic (exact) mass is 294 g/mol. The summed E-state index contributed by atoms with van der Waals surface area (Å²) in [5.41, 5.74) is 6.92. The van der Waals surface area contributed by atoms with Crippen LogP contribution in [0.1, 0.15) is 50.0 Å². The van der Waals surface area contributed by atoms with E-state index in [1.165, 1.54) is 37.7 Å². The Morgan fingerprint density at radius 1 is 1.05 bits per heavy atom. The average Bonchev–Trinajstić information content (AvgIpc) is 3.14. The Morgan fingerprint density at radius 2 is 1.65 bits per heavy atom. The highest BCUT2D eigenvalue weighted by molar-refractivity contribution is 7.89. The van der Waals surface area contributed by atoms with Crippen LogP contribution in [0.4, 0.5) is 0 Å². The Hall–Kier alpha value is -0.910. The summed E-state index contributed by atoms with van der Waals surface area (Å²) in [7, 11) is -3.41. The van der Waals surface area contributed by atoms with Crippen LogP contribution in [0.3, 0.4) is 0 Å². The first-order chi connectivity index (χ1) is 9.56. The molecule has 0 radical (unpaired) electrons. The summed E-state index contributed by atoms with van der Waals surface area (Å²) in [6.45, 7) is 0. The molecule has 0 aliphatic heterocycles. The number of hydrogen-bond acceptors (Lipinski definition) is 3. The fourth-order valence-corrected chi connectivity index (χ4v) is 4.27. The van der Waals surface area contributed by atoms with Crippen molar-refractivity contribution in [2.24, 2.45) is 5.73 Å². The number of hydrogen-bond donors (Lipinski definition) is 2. The molecule has 20 heavy (non-hydrogen) atoms. The minimum Gasteiger partial charge on any atom is -0.326 e. The van der Waals surface area contributed by atoms with Crippen molar-refractivity contribution in [3.05, 3.63) is 29.8 Å². The number of nitrogens with two attached hydrogens (primary N) is 1. The predicted molar refractivity (Wildman–Crippen MR) is 79.0 cm³/mol. The van der Waals surface area contributed by atoms with Gasteiger partial charge in [-0.1, -0.05) is 31.4 Å². The van der Waals surface area contributed by atoms with Gasteiger partial charge in [-0.2, -0.15) is 0 Å². The topological polar surface area (TPSA) is 72.2 Å². The average molecular weight is 294 g/mol. The first-order valence-electron chi connectivity index (χ1n) is 7.44. The van der Waals surface area contributed by atoms with Gasteiger partial charge in [0.15, 0.2) is 0 Å². The zero-order chi connectivity index (χ0) is 14.2. The van der Waals surface area contributed by atoms with Gasteiger partial charge in [0.05, 0.1) is 4.90 Å². The van der Waals surface area contributed by atoms with E-state index in [-0.39, 0.29) is 12.1 Å². The second-order valence-electron chi connectivity index (χ2n) is 6.03. The molecular formula is C15H22N2O2S. The van der Waals surface area contributed by atoms with Crippen LogP contribution in [0.15, 0.2) is 29.2 Å². The molecule has 110 valence electrons. The second-order valence-corrected chi connectivity index (χ2v) is 7.75. The van der Waals surface area contributed by atoms with Crippen LogP contribution in [0.25, 0.3) is 0 Å². The highest BCUT2D eigenvalue weighted by Crippen LogP contribution is 2.33. The normalized spacial score (nSPS) is 27.4. The first kappa shape index (κ1) is 14.0. The molecule has 2 fully saturated rings. The lowest BCUT2D eigenvalue weighted by molar-refractivity contribution is 0.443. The van der Waals surface area contributed by atoms with Crippen LogP contribution < -0.4 is 10.5 Å². The van der Waals surface area contributed by atoms with E-state index in [9.17, 15) is 8.42 Å². The third kappa shape index (κ3) is 3.05. The lowest BCUT2D eigenvalue weighted by Crippen LogP contribution is -2.29. The van der Waals surface area contributed by atoms with Gasteiger partial charge >= 0.3 is 0 Å². The van der Waals surface area contributed by atoms with Crippen molar-refractivity contribution in [3.63, 3.8) is 0 Å². The van der Waals surface area contributed by atoms with Gasteiger partial charge in [0, 0.05) is 12.1 Å². The number of benzene rings is 1. The van der Waals surface area contributed by atoms with E-state index >= 15 is 0 Å². The molecule has 4 nitrogen and oxygen atoms in total. The highest BCUT2D eigenvalue weighted by atomic mass is 32.2. The lowest BCUT2D eigenvalue weighted by Gasteiger charge is -2.22. The van der Waals surface area contributed by atoms with Crippen LogP contribution in [-0.2, 0) is 10.0 Å². The van der Waals surface area contributed by atoms with Gasteiger partial charge in [0.25, 0.3) is 0 Å². The van der Waals surface area contributed by atoms with Crippen molar-refractivity contribution >= 4 is 10.0 Å². The van der Waals surface area contributed by atoms with Gasteiger partial charge in [-0.05, 0) is 42.9 Å². The molecule has 2 aliphatic rings. The van der Waals surface area contributed by atoms with Gasteiger partial charge in [-0.3, -0.25) is 0 Å². The molecule has 1 aromatic carbocycles. The van der Waals surface area contributed by atoms with Crippen LogP contribution in [0, 0.1) is 0 Å². The Kier molecular flexibility index (Phi) is 3.84. The quantitative estimate of drug-likeness (QED) is 0.893. The zero-order valence-electron chi connectivity index (χ0n) is 11.6. The molecule has 0 saturated heterocycles. The Morgan fingerprint density at radius 3 is 2.20 bits per heavy atom. The van der Waals surface area contributed by atoms with Crippen molar-refractivity contribution < 1.29 is 8.42 Å². The smallest absolute Gasteiger partial charge is 0.240 e. The molecule has 1 aromatic rings. The van der Waals surface area contributed by atoms with Crippen LogP contribution in [0.2, 0.25) is 0 Å². The van der Waals surface area contributed by atoms with Gasteiger partial charge in [0.2, 0.25) is 10.0 Å². The molecule has 0 amide bonds. The maximum atomic E-state index is 12.1. The molecule has 3 N–H and O–H groups in total. The predicted octanol–water partition coefficient (Wildman–Crippen LogP) is 2.11. The fourth-order valence-electron chi connectivity index (χ4n) is 2.97. The standard InChI is InChI=1S/C15H22N2O2S/c16-14-10-15(14)17-20(18,19)13-8-6-12(7-9-13)11-4-2-1-3-5-11/h6-9,11,14-15,17H,1-5,10,16H2. The van der Waals surface area contributed by atoms with E-state index in [0.717, 1.165) is 6.42 Å². The largest absolute Gasteiger partial charge is 0.326 e. The van der Waals surface area contributed by atoms with Crippen molar-refractivity contribution in [2.75, 3.05) is 0 Å². The van der Waals surface area contributed by atoms with Crippen molar-refractivity contribution in [2.45, 2.75) is 61.4 Å². The van der Waals surface area contributed by atoms with Gasteiger partial charge in [-0.25, -0.2) is 13.1 Å². The van der Waals surface area contributed by atoms with E-state index in [2.05, 4.69) is 4.72 Å². The Balaban J connectivity index is 1.71. The molecule has 0 spiro atoms. The van der Waals surface area contributed by atoms with Crippen LogP contribution >= 0.6 is 0 Å². The Bertz CT molecular complexity index is 562. The minimum atomic E-state index is -3.41. The fraction of sp³-hybridized carbons (Fsp3) is 0.600. The molecule has 2 saturated carbocycles. The van der Waals surface area contributed by atoms with E-state index in [0.29, 0.717) is 10.8 Å². The summed E-state index contributed by atoms with van der Waals surface area (Å²) in [6.07, 6.45) is 7.08. The SMILES string of the molecule is NC1CC1NS(=O)(=O)c1ccc(C2CCCCC2)cc1. The molecule has 5 heteroatoms. The van der Waals surface area contributed by atoms with Crippen LogP contribution in [0.5, 0.6) is 0 Å². The van der Waals surface area contributed by atoms with E-state index in [4.69, 9.17) is 5.73 Å². The molecule has 0 heterocycles. The summed E-state index contributed by atoms with van der Waals surface area (Å²) >= 11 is 0. The summed E-state index contributed by atoms with van der Waals surface area (Å²) in [5.74, 6) is 0.602. The molecular weight excluding hydrogens is 272 g/mol. The maximum Gasteiger partial charge on any atom is 0.240 e. The number of rotatable bonds is 4. The molecule has 2 aliphatic carbocycles. The van der Waals surface area contributed by atoms with E-state index in [1.807, 2.05) is 12.1 Å². The van der Waals surface area contributed by atoms with Gasteiger partial charge < -0.3 is 5.73 Å². The Labute approximate surface area is 120 Å². The molecule has 0 aromatic heterocycles. The summed E-state index contributed by atoms with van der Waals surface area (Å²) in [5, 5.41) is 0. The van der Waals surface area contributed by atoms with E-state index < -0.39 is 10.0 Å². The zero-order valence-corrected chi connectivity index (χ0v) is 12.4. The third-order valence-electron chi connectivity index (χ3n) is 4.41. The molecule has 3 rings (SSSR count). The molecule has 2 atom stereocenters. The third-order valence-corrected chi connectivity index (χ3v) is 5.92. The first-order valence-corrected chi connectivity index (χ1v) is 8.92. The molecule has 2 unspecified atom stereocenters. The van der Waals surface area contributed by atoms with Crippen molar-refractivity contribution in [1.29, 1.82) is 0 Å². The van der Waals surface area contributed by atoms with E-state index in [1.54, 1.807) is 12.1 Å². The minimum absolute atomic E-state index is 0.0220. The highest BCUT2D eigenvalue weighted by Gasteiger charge is 2.37. The summed E-state index contributed by atoms with van der Waals surface area (Å²) in [4.78, 5) is 0.344. The van der Waals surface area contributed by atoms with Gasteiger partial charge in [-0.15, -0.1) is 0 Å². The van der Waals surface area contributed by atoms with Crippen LogP contribution in [-0.4, -0.2) is 20.5 Å². The number of nitrogens with one attached hydrogen (secondary N) is 1. The van der Waals surface area contributed by atoms with Crippen molar-refractivity contribution in [3.8, 4) is 0 Å².